The van der Waals surface area contributed by atoms with Crippen LogP contribution in [0.15, 0.2) is 24.3 Å². The molecular weight excluding hydrogens is 296 g/mol. The Bertz CT molecular complexity index is 547. The van der Waals surface area contributed by atoms with Gasteiger partial charge in [0.1, 0.15) is 5.75 Å². The lowest BCUT2D eigenvalue weighted by atomic mass is 9.97. The van der Waals surface area contributed by atoms with Gasteiger partial charge in [0.15, 0.2) is 6.61 Å². The molecule has 1 N–H and O–H groups in total. The minimum atomic E-state index is -0.482. The molecule has 2 rings (SSSR count). The molecular formula is C17H24N2O4. The molecule has 1 amide bonds. The van der Waals surface area contributed by atoms with E-state index in [1.54, 1.807) is 12.1 Å². The number of hydrogen-bond acceptors (Lipinski definition) is 4. The molecule has 0 spiro atoms. The highest BCUT2D eigenvalue weighted by atomic mass is 16.6. The maximum Gasteiger partial charge on any atom is 0.273 e. The van der Waals surface area contributed by atoms with Gasteiger partial charge in [-0.2, -0.15) is 0 Å². The van der Waals surface area contributed by atoms with Crippen LogP contribution in [0.2, 0.25) is 0 Å². The van der Waals surface area contributed by atoms with E-state index in [2.05, 4.69) is 12.2 Å². The lowest BCUT2D eigenvalue weighted by Gasteiger charge is -2.21. The number of hydrogen-bond donors (Lipinski definition) is 1. The Labute approximate surface area is 136 Å². The summed E-state index contributed by atoms with van der Waals surface area (Å²) in [6, 6.07) is 6.11. The van der Waals surface area contributed by atoms with E-state index in [0.717, 1.165) is 19.3 Å². The largest absolute Gasteiger partial charge is 0.484 e. The van der Waals surface area contributed by atoms with Crippen LogP contribution < -0.4 is 10.1 Å². The van der Waals surface area contributed by atoms with Crippen LogP contribution in [0, 0.1) is 16.0 Å². The first-order valence-corrected chi connectivity index (χ1v) is 8.26. The Kier molecular flexibility index (Phi) is 6.38. The van der Waals surface area contributed by atoms with Crippen LogP contribution in [0.4, 0.5) is 5.69 Å². The van der Waals surface area contributed by atoms with Gasteiger partial charge < -0.3 is 10.1 Å². The van der Waals surface area contributed by atoms with Crippen LogP contribution in [-0.4, -0.2) is 23.5 Å². The van der Waals surface area contributed by atoms with Crippen molar-refractivity contribution in [1.29, 1.82) is 0 Å². The number of rotatable bonds is 8. The molecule has 1 aliphatic rings. The second kappa shape index (κ2) is 8.50. The molecule has 0 bridgehead atoms. The van der Waals surface area contributed by atoms with Crippen molar-refractivity contribution in [2.45, 2.75) is 51.5 Å². The minimum Gasteiger partial charge on any atom is -0.484 e. The van der Waals surface area contributed by atoms with Crippen molar-refractivity contribution in [2.75, 3.05) is 6.61 Å². The van der Waals surface area contributed by atoms with Gasteiger partial charge in [-0.15, -0.1) is 0 Å². The zero-order valence-electron chi connectivity index (χ0n) is 13.5. The molecule has 126 valence electrons. The standard InChI is InChI=1S/C17H24N2O4/c1-2-3-6-13-7-4-10-16(13)18-17(20)12-23-15-9-5-8-14(11-15)19(21)22/h5,8-9,11,13,16H,2-4,6-7,10,12H2,1H3,(H,18,20). The fourth-order valence-corrected chi connectivity index (χ4v) is 3.12. The second-order valence-electron chi connectivity index (χ2n) is 6.05. The van der Waals surface area contributed by atoms with Crippen LogP contribution >= 0.6 is 0 Å². The van der Waals surface area contributed by atoms with Crippen LogP contribution in [-0.2, 0) is 4.79 Å². The third-order valence-corrected chi connectivity index (χ3v) is 4.33. The number of amides is 1. The predicted molar refractivity (Wildman–Crippen MR) is 87.4 cm³/mol. The quantitative estimate of drug-likeness (QED) is 0.587. The van der Waals surface area contributed by atoms with Gasteiger partial charge in [0.2, 0.25) is 0 Å². The fraction of sp³-hybridized carbons (Fsp3) is 0.588. The molecule has 1 aromatic rings. The summed E-state index contributed by atoms with van der Waals surface area (Å²) in [5.41, 5.74) is -0.0432. The average Bonchev–Trinajstić information content (AvgIpc) is 2.98. The smallest absolute Gasteiger partial charge is 0.273 e. The number of benzene rings is 1. The van der Waals surface area contributed by atoms with Crippen molar-refractivity contribution >= 4 is 11.6 Å². The van der Waals surface area contributed by atoms with Crippen LogP contribution in [0.5, 0.6) is 5.75 Å². The highest BCUT2D eigenvalue weighted by Gasteiger charge is 2.27. The molecule has 1 fully saturated rings. The number of nitro groups is 1. The molecule has 0 saturated heterocycles. The van der Waals surface area contributed by atoms with Crippen LogP contribution in [0.1, 0.15) is 45.4 Å². The van der Waals surface area contributed by atoms with Gasteiger partial charge in [0.25, 0.3) is 11.6 Å². The summed E-state index contributed by atoms with van der Waals surface area (Å²) in [6.45, 7) is 2.06. The molecule has 1 saturated carbocycles. The minimum absolute atomic E-state index is 0.0432. The number of ether oxygens (including phenoxy) is 1. The monoisotopic (exact) mass is 320 g/mol. The molecule has 6 heteroatoms. The first-order valence-electron chi connectivity index (χ1n) is 8.26. The van der Waals surface area contributed by atoms with E-state index in [4.69, 9.17) is 4.74 Å². The number of non-ortho nitro benzene ring substituents is 1. The lowest BCUT2D eigenvalue weighted by Crippen LogP contribution is -2.40. The van der Waals surface area contributed by atoms with Crippen molar-refractivity contribution < 1.29 is 14.5 Å². The molecule has 2 atom stereocenters. The Hall–Kier alpha value is -2.11. The number of unbranched alkanes of at least 4 members (excludes halogenated alkanes) is 1. The molecule has 0 heterocycles. The molecule has 1 aromatic carbocycles. The molecule has 6 nitrogen and oxygen atoms in total. The summed E-state index contributed by atoms with van der Waals surface area (Å²) in [5.74, 6) is 0.741. The number of nitrogens with one attached hydrogen (secondary N) is 1. The predicted octanol–water partition coefficient (Wildman–Crippen LogP) is 3.45. The zero-order valence-corrected chi connectivity index (χ0v) is 13.5. The number of carbonyl (C=O) groups excluding carboxylic acids is 1. The molecule has 0 aromatic heterocycles. The Morgan fingerprint density at radius 3 is 3.00 bits per heavy atom. The van der Waals surface area contributed by atoms with Gasteiger partial charge in [0, 0.05) is 12.1 Å². The molecule has 0 aliphatic heterocycles. The number of nitro benzene ring substituents is 1. The van der Waals surface area contributed by atoms with Crippen molar-refractivity contribution in [3.05, 3.63) is 34.4 Å². The SMILES string of the molecule is CCCCC1CCCC1NC(=O)COc1cccc([N+](=O)[O-])c1. The average molecular weight is 320 g/mol. The molecule has 23 heavy (non-hydrogen) atoms. The Morgan fingerprint density at radius 1 is 1.43 bits per heavy atom. The van der Waals surface area contributed by atoms with E-state index >= 15 is 0 Å². The normalized spacial score (nSPS) is 20.2. The van der Waals surface area contributed by atoms with E-state index in [-0.39, 0.29) is 24.2 Å². The van der Waals surface area contributed by atoms with Gasteiger partial charge in [-0.3, -0.25) is 14.9 Å². The molecule has 1 aliphatic carbocycles. The topological polar surface area (TPSA) is 81.5 Å². The summed E-state index contributed by atoms with van der Waals surface area (Å²) in [6.07, 6.45) is 6.89. The van der Waals surface area contributed by atoms with Gasteiger partial charge >= 0.3 is 0 Å². The van der Waals surface area contributed by atoms with Crippen LogP contribution in [0.25, 0.3) is 0 Å². The summed E-state index contributed by atoms with van der Waals surface area (Å²) < 4.78 is 5.37. The van der Waals surface area contributed by atoms with E-state index in [0.29, 0.717) is 11.7 Å². The highest BCUT2D eigenvalue weighted by Crippen LogP contribution is 2.29. The molecule has 2 unspecified atom stereocenters. The zero-order chi connectivity index (χ0) is 16.7. The first-order chi connectivity index (χ1) is 11.1. The summed E-state index contributed by atoms with van der Waals surface area (Å²) in [5, 5.41) is 13.8. The maximum atomic E-state index is 12.0. The van der Waals surface area contributed by atoms with Gasteiger partial charge in [-0.05, 0) is 31.2 Å². The van der Waals surface area contributed by atoms with E-state index in [9.17, 15) is 14.9 Å². The lowest BCUT2D eigenvalue weighted by molar-refractivity contribution is -0.384. The van der Waals surface area contributed by atoms with Crippen LogP contribution in [0.3, 0.4) is 0 Å². The first kappa shape index (κ1) is 17.2. The number of carbonyl (C=O) groups is 1. The van der Waals surface area contributed by atoms with Crippen molar-refractivity contribution in [1.82, 2.24) is 5.32 Å². The van der Waals surface area contributed by atoms with Gasteiger partial charge in [0.05, 0.1) is 11.0 Å². The van der Waals surface area contributed by atoms with Crippen molar-refractivity contribution in [3.63, 3.8) is 0 Å². The van der Waals surface area contributed by atoms with Crippen molar-refractivity contribution in [3.8, 4) is 5.75 Å². The summed E-state index contributed by atoms with van der Waals surface area (Å²) in [7, 11) is 0. The third-order valence-electron chi connectivity index (χ3n) is 4.33. The third kappa shape index (κ3) is 5.23. The number of nitrogens with zero attached hydrogens (tertiary/aromatic N) is 1. The summed E-state index contributed by atoms with van der Waals surface area (Å²) >= 11 is 0. The fourth-order valence-electron chi connectivity index (χ4n) is 3.12. The van der Waals surface area contributed by atoms with Gasteiger partial charge in [-0.1, -0.05) is 32.3 Å². The van der Waals surface area contributed by atoms with E-state index in [1.807, 2.05) is 0 Å². The Morgan fingerprint density at radius 2 is 2.26 bits per heavy atom. The van der Waals surface area contributed by atoms with E-state index in [1.165, 1.54) is 31.4 Å². The van der Waals surface area contributed by atoms with Gasteiger partial charge in [-0.25, -0.2) is 0 Å². The maximum absolute atomic E-state index is 12.0. The van der Waals surface area contributed by atoms with Crippen molar-refractivity contribution in [2.24, 2.45) is 5.92 Å². The molecule has 0 radical (unpaired) electrons. The second-order valence-corrected chi connectivity index (χ2v) is 6.05. The summed E-state index contributed by atoms with van der Waals surface area (Å²) in [4.78, 5) is 22.3. The highest BCUT2D eigenvalue weighted by molar-refractivity contribution is 5.77. The van der Waals surface area contributed by atoms with E-state index < -0.39 is 4.92 Å². The Balaban J connectivity index is 1.80.